The Morgan fingerprint density at radius 1 is 0.850 bits per heavy atom. The van der Waals surface area contributed by atoms with Crippen LogP contribution in [0.5, 0.6) is 17.2 Å². The first-order chi connectivity index (χ1) is 19.3. The molecule has 0 aliphatic heterocycles. The number of halogens is 3. The minimum absolute atomic E-state index is 0.0198. The van der Waals surface area contributed by atoms with Crippen LogP contribution in [0.2, 0.25) is 5.02 Å². The molecular formula is C31H26ClF2NO5. The van der Waals surface area contributed by atoms with Crippen molar-refractivity contribution in [2.24, 2.45) is 0 Å². The van der Waals surface area contributed by atoms with Gasteiger partial charge < -0.3 is 19.5 Å². The summed E-state index contributed by atoms with van der Waals surface area (Å²) in [5.41, 5.74) is 2.31. The Hall–Kier alpha value is -4.43. The maximum atomic E-state index is 13.4. The lowest BCUT2D eigenvalue weighted by molar-refractivity contribution is -0.0498. The van der Waals surface area contributed by atoms with Crippen molar-refractivity contribution in [1.82, 2.24) is 4.90 Å². The second-order valence-corrected chi connectivity index (χ2v) is 9.35. The molecule has 0 aliphatic rings. The van der Waals surface area contributed by atoms with E-state index in [1.807, 2.05) is 30.3 Å². The van der Waals surface area contributed by atoms with E-state index in [2.05, 4.69) is 4.74 Å². The predicted molar refractivity (Wildman–Crippen MR) is 148 cm³/mol. The molecule has 6 nitrogen and oxygen atoms in total. The van der Waals surface area contributed by atoms with Gasteiger partial charge in [-0.3, -0.25) is 4.79 Å². The number of ether oxygens (including phenoxy) is 2. The van der Waals surface area contributed by atoms with Gasteiger partial charge in [-0.25, -0.2) is 4.79 Å². The third-order valence-corrected chi connectivity index (χ3v) is 6.28. The zero-order valence-electron chi connectivity index (χ0n) is 21.3. The van der Waals surface area contributed by atoms with Crippen LogP contribution < -0.4 is 9.47 Å². The summed E-state index contributed by atoms with van der Waals surface area (Å²) in [5.74, 6) is -0.887. The molecule has 4 rings (SSSR count). The average molecular weight is 566 g/mol. The number of amides is 1. The van der Waals surface area contributed by atoms with E-state index in [4.69, 9.17) is 16.3 Å². The molecule has 0 atom stereocenters. The predicted octanol–water partition coefficient (Wildman–Crippen LogP) is 7.71. The van der Waals surface area contributed by atoms with Gasteiger partial charge in [0.2, 0.25) is 0 Å². The molecular weight excluding hydrogens is 540 g/mol. The molecule has 0 saturated carbocycles. The molecule has 0 fully saturated rings. The highest BCUT2D eigenvalue weighted by Gasteiger charge is 2.18. The second kappa shape index (κ2) is 13.6. The number of hydrogen-bond donors (Lipinski definition) is 1. The van der Waals surface area contributed by atoms with Crippen LogP contribution in [0.3, 0.4) is 0 Å². The minimum Gasteiger partial charge on any atom is -0.478 e. The van der Waals surface area contributed by atoms with Crippen molar-refractivity contribution in [3.05, 3.63) is 124 Å². The molecule has 1 amide bonds. The number of rotatable bonds is 12. The van der Waals surface area contributed by atoms with Gasteiger partial charge in [-0.05, 0) is 72.5 Å². The standard InChI is InChI=1S/C31H26ClF2NO5/c32-24-12-17-27(30(37)38)28(19-24)39-25-13-8-22(9-14-25)20-35(18-4-7-21-5-2-1-3-6-21)29(36)23-10-15-26(16-11-23)40-31(33)34/h1-3,5-6,8-17,19,31H,4,7,18,20H2,(H,37,38). The molecule has 0 aromatic heterocycles. The van der Waals surface area contributed by atoms with Crippen LogP contribution in [0.25, 0.3) is 0 Å². The van der Waals surface area contributed by atoms with Gasteiger partial charge in [0.1, 0.15) is 22.8 Å². The fraction of sp³-hybridized carbons (Fsp3) is 0.161. The van der Waals surface area contributed by atoms with Crippen LogP contribution >= 0.6 is 11.6 Å². The third-order valence-electron chi connectivity index (χ3n) is 6.05. The Morgan fingerprint density at radius 2 is 1.52 bits per heavy atom. The maximum absolute atomic E-state index is 13.4. The van der Waals surface area contributed by atoms with Gasteiger partial charge in [-0.2, -0.15) is 8.78 Å². The van der Waals surface area contributed by atoms with E-state index in [1.54, 1.807) is 29.2 Å². The van der Waals surface area contributed by atoms with E-state index in [1.165, 1.54) is 42.5 Å². The van der Waals surface area contributed by atoms with Gasteiger partial charge >= 0.3 is 12.6 Å². The zero-order chi connectivity index (χ0) is 28.5. The van der Waals surface area contributed by atoms with E-state index in [0.717, 1.165) is 24.0 Å². The van der Waals surface area contributed by atoms with Crippen molar-refractivity contribution < 1.29 is 33.0 Å². The number of benzene rings is 4. The van der Waals surface area contributed by atoms with E-state index in [0.29, 0.717) is 29.4 Å². The zero-order valence-corrected chi connectivity index (χ0v) is 22.1. The number of alkyl halides is 2. The lowest BCUT2D eigenvalue weighted by Gasteiger charge is -2.23. The minimum atomic E-state index is -2.95. The number of aryl methyl sites for hydroxylation is 1. The Morgan fingerprint density at radius 3 is 2.17 bits per heavy atom. The number of hydrogen-bond acceptors (Lipinski definition) is 4. The van der Waals surface area contributed by atoms with E-state index in [-0.39, 0.29) is 23.0 Å². The van der Waals surface area contributed by atoms with Crippen molar-refractivity contribution in [3.8, 4) is 17.2 Å². The van der Waals surface area contributed by atoms with Gasteiger partial charge in [0, 0.05) is 29.7 Å². The van der Waals surface area contributed by atoms with Crippen LogP contribution in [0.4, 0.5) is 8.78 Å². The van der Waals surface area contributed by atoms with Crippen LogP contribution in [0.15, 0.2) is 97.1 Å². The quantitative estimate of drug-likeness (QED) is 0.190. The lowest BCUT2D eigenvalue weighted by Crippen LogP contribution is -2.31. The first-order valence-electron chi connectivity index (χ1n) is 12.5. The normalized spacial score (nSPS) is 10.8. The highest BCUT2D eigenvalue weighted by molar-refractivity contribution is 6.30. The molecule has 4 aromatic rings. The molecule has 206 valence electrons. The van der Waals surface area contributed by atoms with Crippen molar-refractivity contribution in [2.45, 2.75) is 26.0 Å². The van der Waals surface area contributed by atoms with E-state index in [9.17, 15) is 23.5 Å². The van der Waals surface area contributed by atoms with Crippen molar-refractivity contribution in [1.29, 1.82) is 0 Å². The Balaban J connectivity index is 1.48. The van der Waals surface area contributed by atoms with Crippen LogP contribution in [-0.4, -0.2) is 35.0 Å². The monoisotopic (exact) mass is 565 g/mol. The van der Waals surface area contributed by atoms with E-state index < -0.39 is 12.6 Å². The highest BCUT2D eigenvalue weighted by atomic mass is 35.5. The maximum Gasteiger partial charge on any atom is 0.387 e. The number of carbonyl (C=O) groups excluding carboxylic acids is 1. The number of carboxylic acids is 1. The molecule has 0 spiro atoms. The summed E-state index contributed by atoms with van der Waals surface area (Å²) < 4.78 is 35.2. The fourth-order valence-electron chi connectivity index (χ4n) is 4.10. The molecule has 0 bridgehead atoms. The summed E-state index contributed by atoms with van der Waals surface area (Å²) in [6.07, 6.45) is 1.50. The number of carboxylic acid groups (broad SMARTS) is 1. The first-order valence-corrected chi connectivity index (χ1v) is 12.8. The molecule has 0 saturated heterocycles. The SMILES string of the molecule is O=C(O)c1ccc(Cl)cc1Oc1ccc(CN(CCCc2ccccc2)C(=O)c2ccc(OC(F)F)cc2)cc1. The summed E-state index contributed by atoms with van der Waals surface area (Å²) in [4.78, 5) is 26.6. The lowest BCUT2D eigenvalue weighted by atomic mass is 10.1. The van der Waals surface area contributed by atoms with Crippen LogP contribution in [0, 0.1) is 0 Å². The molecule has 0 heterocycles. The Kier molecular flexibility index (Phi) is 9.70. The van der Waals surface area contributed by atoms with Crippen molar-refractivity contribution in [2.75, 3.05) is 6.54 Å². The molecule has 1 N–H and O–H groups in total. The van der Waals surface area contributed by atoms with Crippen LogP contribution in [-0.2, 0) is 13.0 Å². The molecule has 40 heavy (non-hydrogen) atoms. The van der Waals surface area contributed by atoms with Gasteiger partial charge in [-0.1, -0.05) is 54.1 Å². The Labute approximate surface area is 235 Å². The molecule has 0 unspecified atom stereocenters. The van der Waals surface area contributed by atoms with Gasteiger partial charge in [0.05, 0.1) is 0 Å². The molecule has 9 heteroatoms. The fourth-order valence-corrected chi connectivity index (χ4v) is 4.26. The van der Waals surface area contributed by atoms with Gasteiger partial charge in [-0.15, -0.1) is 0 Å². The highest BCUT2D eigenvalue weighted by Crippen LogP contribution is 2.29. The van der Waals surface area contributed by atoms with Crippen molar-refractivity contribution >= 4 is 23.5 Å². The smallest absolute Gasteiger partial charge is 0.387 e. The second-order valence-electron chi connectivity index (χ2n) is 8.91. The topological polar surface area (TPSA) is 76.1 Å². The average Bonchev–Trinajstić information content (AvgIpc) is 2.94. The van der Waals surface area contributed by atoms with Gasteiger partial charge in [0.25, 0.3) is 5.91 Å². The number of nitrogens with zero attached hydrogens (tertiary/aromatic N) is 1. The third kappa shape index (κ3) is 8.04. The molecule has 0 radical (unpaired) electrons. The number of aromatic carboxylic acids is 1. The largest absolute Gasteiger partial charge is 0.478 e. The number of carbonyl (C=O) groups is 2. The summed E-state index contributed by atoms with van der Waals surface area (Å²) in [6.45, 7) is -2.19. The van der Waals surface area contributed by atoms with Crippen molar-refractivity contribution in [3.63, 3.8) is 0 Å². The van der Waals surface area contributed by atoms with E-state index >= 15 is 0 Å². The van der Waals surface area contributed by atoms with Crippen LogP contribution in [0.1, 0.15) is 38.3 Å². The summed E-state index contributed by atoms with van der Waals surface area (Å²) >= 11 is 6.01. The summed E-state index contributed by atoms with van der Waals surface area (Å²) in [7, 11) is 0. The summed E-state index contributed by atoms with van der Waals surface area (Å²) in [6, 6.07) is 26.8. The first kappa shape index (κ1) is 28.6. The summed E-state index contributed by atoms with van der Waals surface area (Å²) in [5, 5.41) is 9.76. The Bertz CT molecular complexity index is 1430. The van der Waals surface area contributed by atoms with Gasteiger partial charge in [0.15, 0.2) is 0 Å². The molecule has 4 aromatic carbocycles. The molecule has 0 aliphatic carbocycles.